The lowest BCUT2D eigenvalue weighted by atomic mass is 9.96. The average molecular weight is 332 g/mol. The molecule has 120 valence electrons. The van der Waals surface area contributed by atoms with Gasteiger partial charge in [-0.15, -0.1) is 0 Å². The van der Waals surface area contributed by atoms with E-state index in [1.165, 1.54) is 0 Å². The Labute approximate surface area is 139 Å². The summed E-state index contributed by atoms with van der Waals surface area (Å²) in [6.45, 7) is 0.645. The van der Waals surface area contributed by atoms with E-state index in [9.17, 15) is 9.90 Å². The molecule has 1 heterocycles. The van der Waals surface area contributed by atoms with Crippen LogP contribution in [0.4, 0.5) is 5.82 Å². The molecule has 0 saturated heterocycles. The number of carboxylic acid groups (broad SMARTS) is 1. The first kappa shape index (κ1) is 15.7. The average Bonchev–Trinajstić information content (AvgIpc) is 2.56. The first-order valence-corrected chi connectivity index (χ1v) is 8.13. The molecule has 0 radical (unpaired) electrons. The highest BCUT2D eigenvalue weighted by molar-refractivity contribution is 6.31. The zero-order valence-corrected chi connectivity index (χ0v) is 13.4. The third-order valence-electron chi connectivity index (χ3n) is 4.02. The minimum atomic E-state index is -1.09. The van der Waals surface area contributed by atoms with Crippen LogP contribution in [-0.4, -0.2) is 27.6 Å². The lowest BCUT2D eigenvalue weighted by molar-refractivity contribution is 0.0683. The Morgan fingerprint density at radius 1 is 1.22 bits per heavy atom. The van der Waals surface area contributed by atoms with Gasteiger partial charge in [0, 0.05) is 17.1 Å². The molecule has 1 aromatic carbocycles. The van der Waals surface area contributed by atoms with Crippen LogP contribution in [0.25, 0.3) is 0 Å². The number of anilines is 1. The van der Waals surface area contributed by atoms with Gasteiger partial charge in [-0.25, -0.2) is 14.8 Å². The summed E-state index contributed by atoms with van der Waals surface area (Å²) >= 11 is 6.16. The van der Waals surface area contributed by atoms with E-state index in [0.717, 1.165) is 53.9 Å². The lowest BCUT2D eigenvalue weighted by Crippen LogP contribution is -2.18. The molecule has 0 fully saturated rings. The van der Waals surface area contributed by atoms with Gasteiger partial charge in [0.25, 0.3) is 0 Å². The number of aryl methyl sites for hydroxylation is 1. The first-order valence-electron chi connectivity index (χ1n) is 7.75. The molecule has 0 spiro atoms. The standard InChI is InChI=1S/C17H18ClN3O2/c18-13-7-3-1-5-11(13)9-10-19-15-12-6-2-4-8-14(12)20-16(21-15)17(22)23/h1,3,5,7H,2,4,6,8-10H2,(H,22,23)(H,19,20,21). The predicted octanol–water partition coefficient (Wildman–Crippen LogP) is 3.36. The van der Waals surface area contributed by atoms with Crippen LogP contribution in [-0.2, 0) is 19.3 Å². The summed E-state index contributed by atoms with van der Waals surface area (Å²) < 4.78 is 0. The molecule has 3 rings (SSSR count). The summed E-state index contributed by atoms with van der Waals surface area (Å²) in [6.07, 6.45) is 4.59. The molecule has 0 atom stereocenters. The number of fused-ring (bicyclic) bond motifs is 1. The van der Waals surface area contributed by atoms with Crippen LogP contribution in [0, 0.1) is 0 Å². The molecule has 0 bridgehead atoms. The minimum Gasteiger partial charge on any atom is -0.475 e. The van der Waals surface area contributed by atoms with Gasteiger partial charge in [0.15, 0.2) is 0 Å². The number of aromatic carboxylic acids is 1. The minimum absolute atomic E-state index is 0.133. The monoisotopic (exact) mass is 331 g/mol. The first-order chi connectivity index (χ1) is 11.1. The van der Waals surface area contributed by atoms with E-state index in [4.69, 9.17) is 11.6 Å². The predicted molar refractivity (Wildman–Crippen MR) is 89.3 cm³/mol. The van der Waals surface area contributed by atoms with Crippen molar-refractivity contribution in [1.82, 2.24) is 9.97 Å². The van der Waals surface area contributed by atoms with Gasteiger partial charge < -0.3 is 10.4 Å². The highest BCUT2D eigenvalue weighted by Gasteiger charge is 2.20. The van der Waals surface area contributed by atoms with Gasteiger partial charge in [-0.1, -0.05) is 29.8 Å². The quantitative estimate of drug-likeness (QED) is 0.878. The smallest absolute Gasteiger partial charge is 0.374 e. The van der Waals surface area contributed by atoms with Crippen molar-refractivity contribution in [2.24, 2.45) is 0 Å². The van der Waals surface area contributed by atoms with Crippen LogP contribution in [0.1, 0.15) is 40.3 Å². The van der Waals surface area contributed by atoms with E-state index < -0.39 is 5.97 Å². The second-order valence-electron chi connectivity index (χ2n) is 5.60. The Morgan fingerprint density at radius 2 is 2.00 bits per heavy atom. The van der Waals surface area contributed by atoms with Gasteiger partial charge in [0.2, 0.25) is 5.82 Å². The van der Waals surface area contributed by atoms with Gasteiger partial charge in [-0.2, -0.15) is 0 Å². The van der Waals surface area contributed by atoms with Gasteiger partial charge >= 0.3 is 5.97 Å². The summed E-state index contributed by atoms with van der Waals surface area (Å²) in [5.41, 5.74) is 2.98. The topological polar surface area (TPSA) is 75.1 Å². The van der Waals surface area contributed by atoms with E-state index in [1.807, 2.05) is 24.3 Å². The molecular formula is C17H18ClN3O2. The fraction of sp³-hybridized carbons (Fsp3) is 0.353. The third-order valence-corrected chi connectivity index (χ3v) is 4.39. The summed E-state index contributed by atoms with van der Waals surface area (Å²) in [4.78, 5) is 19.6. The van der Waals surface area contributed by atoms with Crippen molar-refractivity contribution in [3.8, 4) is 0 Å². The van der Waals surface area contributed by atoms with Gasteiger partial charge in [-0.3, -0.25) is 0 Å². The number of aromatic nitrogens is 2. The molecule has 2 N–H and O–H groups in total. The zero-order valence-electron chi connectivity index (χ0n) is 12.7. The Bertz CT molecular complexity index is 734. The SMILES string of the molecule is O=C(O)c1nc2c(c(NCCc3ccccc3Cl)n1)CCCC2. The van der Waals surface area contributed by atoms with Crippen LogP contribution in [0.2, 0.25) is 5.02 Å². The number of rotatable bonds is 5. The molecule has 0 unspecified atom stereocenters. The molecule has 0 aliphatic heterocycles. The zero-order chi connectivity index (χ0) is 16.2. The highest BCUT2D eigenvalue weighted by Crippen LogP contribution is 2.25. The number of nitrogens with zero attached hydrogens (tertiary/aromatic N) is 2. The van der Waals surface area contributed by atoms with Crippen molar-refractivity contribution in [3.05, 3.63) is 51.9 Å². The maximum absolute atomic E-state index is 11.2. The maximum Gasteiger partial charge on any atom is 0.374 e. The number of hydrogen-bond acceptors (Lipinski definition) is 4. The van der Waals surface area contributed by atoms with Crippen molar-refractivity contribution in [2.75, 3.05) is 11.9 Å². The number of benzene rings is 1. The number of hydrogen-bond donors (Lipinski definition) is 2. The Hall–Kier alpha value is -2.14. The largest absolute Gasteiger partial charge is 0.475 e. The van der Waals surface area contributed by atoms with Crippen LogP contribution in [0.15, 0.2) is 24.3 Å². The molecule has 2 aromatic rings. The second-order valence-corrected chi connectivity index (χ2v) is 6.01. The summed E-state index contributed by atoms with van der Waals surface area (Å²) in [5, 5.41) is 13.2. The maximum atomic E-state index is 11.2. The van der Waals surface area contributed by atoms with Crippen molar-refractivity contribution < 1.29 is 9.90 Å². The second kappa shape index (κ2) is 6.96. The van der Waals surface area contributed by atoms with E-state index in [-0.39, 0.29) is 5.82 Å². The van der Waals surface area contributed by atoms with Gasteiger partial charge in [0.1, 0.15) is 5.82 Å². The number of carboxylic acids is 1. The molecule has 1 aliphatic rings. The molecule has 5 nitrogen and oxygen atoms in total. The van der Waals surface area contributed by atoms with Crippen LogP contribution >= 0.6 is 11.6 Å². The third kappa shape index (κ3) is 3.62. The van der Waals surface area contributed by atoms with Crippen molar-refractivity contribution in [1.29, 1.82) is 0 Å². The van der Waals surface area contributed by atoms with E-state index in [1.54, 1.807) is 0 Å². The number of nitrogens with one attached hydrogen (secondary N) is 1. The van der Waals surface area contributed by atoms with Crippen molar-refractivity contribution >= 4 is 23.4 Å². The normalized spacial score (nSPS) is 13.4. The molecule has 23 heavy (non-hydrogen) atoms. The molecule has 6 heteroatoms. The summed E-state index contributed by atoms with van der Waals surface area (Å²) in [7, 11) is 0. The van der Waals surface area contributed by atoms with Gasteiger partial charge in [0.05, 0.1) is 5.69 Å². The molecule has 1 aromatic heterocycles. The summed E-state index contributed by atoms with van der Waals surface area (Å²) in [5.74, 6) is -0.572. The Balaban J connectivity index is 1.77. The van der Waals surface area contributed by atoms with E-state index >= 15 is 0 Å². The van der Waals surface area contributed by atoms with E-state index in [2.05, 4.69) is 15.3 Å². The van der Waals surface area contributed by atoms with Crippen LogP contribution < -0.4 is 5.32 Å². The molecule has 0 saturated carbocycles. The van der Waals surface area contributed by atoms with Crippen LogP contribution in [0.5, 0.6) is 0 Å². The molecule has 1 aliphatic carbocycles. The summed E-state index contributed by atoms with van der Waals surface area (Å²) in [6, 6.07) is 7.71. The van der Waals surface area contributed by atoms with Gasteiger partial charge in [-0.05, 0) is 43.7 Å². The fourth-order valence-electron chi connectivity index (χ4n) is 2.85. The molecule has 0 amide bonds. The Morgan fingerprint density at radius 3 is 2.78 bits per heavy atom. The van der Waals surface area contributed by atoms with Crippen LogP contribution in [0.3, 0.4) is 0 Å². The van der Waals surface area contributed by atoms with E-state index in [0.29, 0.717) is 12.4 Å². The van der Waals surface area contributed by atoms with Crippen molar-refractivity contribution in [3.63, 3.8) is 0 Å². The fourth-order valence-corrected chi connectivity index (χ4v) is 3.08. The number of halogens is 1. The number of carbonyl (C=O) groups is 1. The molecular weight excluding hydrogens is 314 g/mol. The Kier molecular flexibility index (Phi) is 4.76. The van der Waals surface area contributed by atoms with Crippen molar-refractivity contribution in [2.45, 2.75) is 32.1 Å². The lowest BCUT2D eigenvalue weighted by Gasteiger charge is -2.19. The highest BCUT2D eigenvalue weighted by atomic mass is 35.5.